The molecule has 0 N–H and O–H groups in total. The lowest BCUT2D eigenvalue weighted by Gasteiger charge is -2.08. The molecule has 1 rings (SSSR count). The number of hydrogen-bond donors (Lipinski definition) is 0. The third-order valence-electron chi connectivity index (χ3n) is 1.91. The fraction of sp³-hybridized carbons (Fsp3) is 0.364. The van der Waals surface area contributed by atoms with Gasteiger partial charge in [-0.3, -0.25) is 0 Å². The number of nitriles is 1. The zero-order valence-electron chi connectivity index (χ0n) is 8.25. The van der Waals surface area contributed by atoms with Crippen molar-refractivity contribution in [2.45, 2.75) is 30.4 Å². The Morgan fingerprint density at radius 2 is 2.21 bits per heavy atom. The van der Waals surface area contributed by atoms with E-state index in [0.717, 1.165) is 15.8 Å². The maximum absolute atomic E-state index is 8.80. The molecular formula is C11H12BrNS. The van der Waals surface area contributed by atoms with E-state index < -0.39 is 0 Å². The molecule has 1 nitrogen and oxygen atoms in total. The van der Waals surface area contributed by atoms with Crippen molar-refractivity contribution in [1.82, 2.24) is 0 Å². The molecule has 1 atom stereocenters. The van der Waals surface area contributed by atoms with Crippen LogP contribution in [0.25, 0.3) is 0 Å². The highest BCUT2D eigenvalue weighted by atomic mass is 79.9. The second kappa shape index (κ2) is 5.43. The normalized spacial score (nSPS) is 12.1. The van der Waals surface area contributed by atoms with Gasteiger partial charge in [0.2, 0.25) is 0 Å². The van der Waals surface area contributed by atoms with Crippen molar-refractivity contribution in [1.29, 1.82) is 5.26 Å². The van der Waals surface area contributed by atoms with E-state index in [1.807, 2.05) is 12.1 Å². The summed E-state index contributed by atoms with van der Waals surface area (Å²) in [7, 11) is 0. The second-order valence-corrected chi connectivity index (χ2v) is 5.55. The van der Waals surface area contributed by atoms with Gasteiger partial charge in [-0.15, -0.1) is 11.8 Å². The van der Waals surface area contributed by atoms with Crippen LogP contribution in [0.2, 0.25) is 0 Å². The second-order valence-electron chi connectivity index (χ2n) is 3.12. The van der Waals surface area contributed by atoms with Crippen LogP contribution in [-0.2, 0) is 0 Å². The summed E-state index contributed by atoms with van der Waals surface area (Å²) in [4.78, 5) is 1.16. The van der Waals surface area contributed by atoms with E-state index in [1.165, 1.54) is 0 Å². The van der Waals surface area contributed by atoms with Crippen LogP contribution in [-0.4, -0.2) is 5.25 Å². The van der Waals surface area contributed by atoms with E-state index in [4.69, 9.17) is 5.26 Å². The molecule has 0 aliphatic heterocycles. The predicted octanol–water partition coefficient (Wildman–Crippen LogP) is 4.21. The Morgan fingerprint density at radius 3 is 2.79 bits per heavy atom. The molecule has 3 heteroatoms. The van der Waals surface area contributed by atoms with Gasteiger partial charge in [-0.05, 0) is 24.6 Å². The summed E-state index contributed by atoms with van der Waals surface area (Å²) in [5.74, 6) is 0. The molecule has 0 heterocycles. The highest BCUT2D eigenvalue weighted by molar-refractivity contribution is 9.10. The van der Waals surface area contributed by atoms with Crippen molar-refractivity contribution in [2.24, 2.45) is 0 Å². The Kier molecular flexibility index (Phi) is 4.50. The first-order valence-corrected chi connectivity index (χ1v) is 6.20. The maximum Gasteiger partial charge on any atom is 0.0992 e. The van der Waals surface area contributed by atoms with Crippen molar-refractivity contribution in [3.8, 4) is 6.07 Å². The number of halogens is 1. The highest BCUT2D eigenvalue weighted by Crippen LogP contribution is 2.28. The standard InChI is InChI=1S/C11H12BrNS/c1-3-8(2)14-11-5-9(7-13)4-10(12)6-11/h4-6,8H,3H2,1-2H3. The fourth-order valence-electron chi connectivity index (χ4n) is 1.01. The van der Waals surface area contributed by atoms with Gasteiger partial charge in [0.05, 0.1) is 11.6 Å². The zero-order chi connectivity index (χ0) is 10.6. The molecular weight excluding hydrogens is 258 g/mol. The molecule has 1 unspecified atom stereocenters. The van der Waals surface area contributed by atoms with Crippen LogP contribution in [0.3, 0.4) is 0 Å². The van der Waals surface area contributed by atoms with Crippen LogP contribution in [0.15, 0.2) is 27.6 Å². The molecule has 0 bridgehead atoms. The van der Waals surface area contributed by atoms with Crippen molar-refractivity contribution in [3.63, 3.8) is 0 Å². The minimum Gasteiger partial charge on any atom is -0.192 e. The lowest BCUT2D eigenvalue weighted by molar-refractivity contribution is 0.905. The summed E-state index contributed by atoms with van der Waals surface area (Å²) in [6.07, 6.45) is 1.14. The van der Waals surface area contributed by atoms with Crippen LogP contribution < -0.4 is 0 Å². The third-order valence-corrected chi connectivity index (χ3v) is 3.61. The molecule has 0 radical (unpaired) electrons. The number of rotatable bonds is 3. The van der Waals surface area contributed by atoms with E-state index in [0.29, 0.717) is 10.8 Å². The molecule has 0 saturated carbocycles. The number of hydrogen-bond acceptors (Lipinski definition) is 2. The van der Waals surface area contributed by atoms with E-state index in [2.05, 4.69) is 41.9 Å². The average Bonchev–Trinajstić information content (AvgIpc) is 2.16. The van der Waals surface area contributed by atoms with Crippen LogP contribution in [0, 0.1) is 11.3 Å². The topological polar surface area (TPSA) is 23.8 Å². The summed E-state index contributed by atoms with van der Waals surface area (Å²) in [6, 6.07) is 7.98. The van der Waals surface area contributed by atoms with Gasteiger partial charge in [0, 0.05) is 14.6 Å². The minimum absolute atomic E-state index is 0.593. The van der Waals surface area contributed by atoms with Gasteiger partial charge < -0.3 is 0 Å². The average molecular weight is 270 g/mol. The Morgan fingerprint density at radius 1 is 1.50 bits per heavy atom. The molecule has 74 valence electrons. The van der Waals surface area contributed by atoms with Crippen molar-refractivity contribution in [2.75, 3.05) is 0 Å². The van der Waals surface area contributed by atoms with Gasteiger partial charge in [0.15, 0.2) is 0 Å². The van der Waals surface area contributed by atoms with Gasteiger partial charge in [-0.2, -0.15) is 5.26 Å². The Bertz CT molecular complexity index is 357. The number of benzene rings is 1. The van der Waals surface area contributed by atoms with Crippen LogP contribution in [0.4, 0.5) is 0 Å². The summed E-state index contributed by atoms with van der Waals surface area (Å²) in [5.41, 5.74) is 0.713. The predicted molar refractivity (Wildman–Crippen MR) is 64.5 cm³/mol. The minimum atomic E-state index is 0.593. The van der Waals surface area contributed by atoms with Crippen LogP contribution in [0.5, 0.6) is 0 Å². The van der Waals surface area contributed by atoms with Gasteiger partial charge in [-0.25, -0.2) is 0 Å². The largest absolute Gasteiger partial charge is 0.192 e. The smallest absolute Gasteiger partial charge is 0.0992 e. The third kappa shape index (κ3) is 3.36. The summed E-state index contributed by atoms with van der Waals surface area (Å²) in [5, 5.41) is 9.39. The molecule has 0 amide bonds. The van der Waals surface area contributed by atoms with E-state index in [9.17, 15) is 0 Å². The van der Waals surface area contributed by atoms with Crippen molar-refractivity contribution < 1.29 is 0 Å². The molecule has 14 heavy (non-hydrogen) atoms. The van der Waals surface area contributed by atoms with Gasteiger partial charge in [-0.1, -0.05) is 29.8 Å². The molecule has 0 aliphatic rings. The highest BCUT2D eigenvalue weighted by Gasteiger charge is 2.04. The maximum atomic E-state index is 8.80. The van der Waals surface area contributed by atoms with E-state index in [-0.39, 0.29) is 0 Å². The summed E-state index contributed by atoms with van der Waals surface area (Å²) >= 11 is 5.21. The van der Waals surface area contributed by atoms with E-state index in [1.54, 1.807) is 11.8 Å². The lowest BCUT2D eigenvalue weighted by Crippen LogP contribution is -1.92. The monoisotopic (exact) mass is 269 g/mol. The zero-order valence-corrected chi connectivity index (χ0v) is 10.7. The van der Waals surface area contributed by atoms with Crippen LogP contribution >= 0.6 is 27.7 Å². The Balaban J connectivity index is 2.88. The first-order chi connectivity index (χ1) is 6.65. The number of nitrogens with zero attached hydrogens (tertiary/aromatic N) is 1. The van der Waals surface area contributed by atoms with Crippen LogP contribution in [0.1, 0.15) is 25.8 Å². The lowest BCUT2D eigenvalue weighted by atomic mass is 10.2. The van der Waals surface area contributed by atoms with E-state index >= 15 is 0 Å². The Labute approximate surface area is 97.6 Å². The van der Waals surface area contributed by atoms with Gasteiger partial charge in [0.25, 0.3) is 0 Å². The molecule has 0 fully saturated rings. The summed E-state index contributed by atoms with van der Waals surface area (Å²) < 4.78 is 0.974. The van der Waals surface area contributed by atoms with Gasteiger partial charge in [0.1, 0.15) is 0 Å². The molecule has 1 aromatic rings. The molecule has 0 aromatic heterocycles. The van der Waals surface area contributed by atoms with Crippen molar-refractivity contribution in [3.05, 3.63) is 28.2 Å². The SMILES string of the molecule is CCC(C)Sc1cc(Br)cc(C#N)c1. The summed E-state index contributed by atoms with van der Waals surface area (Å²) in [6.45, 7) is 4.36. The number of thioether (sulfide) groups is 1. The Hall–Kier alpha value is -0.460. The molecule has 0 aliphatic carbocycles. The first-order valence-electron chi connectivity index (χ1n) is 4.53. The quantitative estimate of drug-likeness (QED) is 0.768. The molecule has 0 saturated heterocycles. The van der Waals surface area contributed by atoms with Crippen molar-refractivity contribution >= 4 is 27.7 Å². The first kappa shape index (κ1) is 11.6. The molecule has 1 aromatic carbocycles. The van der Waals surface area contributed by atoms with Gasteiger partial charge >= 0.3 is 0 Å². The fourth-order valence-corrected chi connectivity index (χ4v) is 2.68. The molecule has 0 spiro atoms.